The predicted octanol–water partition coefficient (Wildman–Crippen LogP) is 16.7. The van der Waals surface area contributed by atoms with Gasteiger partial charge in [0.2, 0.25) is 0 Å². The fraction of sp³-hybridized carbons (Fsp3) is 0.0492. The van der Waals surface area contributed by atoms with Crippen molar-refractivity contribution in [1.82, 2.24) is 4.57 Å². The Bertz CT molecular complexity index is 3500. The third kappa shape index (κ3) is 6.09. The maximum Gasteiger partial charge on any atom is 0.0541 e. The summed E-state index contributed by atoms with van der Waals surface area (Å²) < 4.78 is 2.39. The molecule has 1 aromatic heterocycles. The zero-order valence-electron chi connectivity index (χ0n) is 35.3. The van der Waals surface area contributed by atoms with Gasteiger partial charge in [-0.1, -0.05) is 172 Å². The first-order valence-corrected chi connectivity index (χ1v) is 21.9. The number of para-hydroxylation sites is 1. The first-order chi connectivity index (χ1) is 31.0. The quantitative estimate of drug-likeness (QED) is 0.156. The van der Waals surface area contributed by atoms with E-state index in [1.807, 2.05) is 0 Å². The minimum Gasteiger partial charge on any atom is -0.310 e. The van der Waals surface area contributed by atoms with Crippen molar-refractivity contribution in [3.8, 4) is 50.2 Å². The average Bonchev–Trinajstić information content (AvgIpc) is 3.79. The summed E-state index contributed by atoms with van der Waals surface area (Å²) in [6.07, 6.45) is 0. The van der Waals surface area contributed by atoms with Gasteiger partial charge in [-0.2, -0.15) is 0 Å². The molecule has 2 nitrogen and oxygen atoms in total. The second kappa shape index (κ2) is 14.6. The van der Waals surface area contributed by atoms with Crippen LogP contribution in [0.25, 0.3) is 82.8 Å². The Morgan fingerprint density at radius 3 is 1.54 bits per heavy atom. The monoisotopic (exact) mass is 804 g/mol. The highest BCUT2D eigenvalue weighted by molar-refractivity contribution is 6.11. The van der Waals surface area contributed by atoms with Crippen LogP contribution in [0.2, 0.25) is 0 Å². The molecule has 1 aliphatic carbocycles. The van der Waals surface area contributed by atoms with E-state index in [1.54, 1.807) is 0 Å². The Morgan fingerprint density at radius 1 is 0.333 bits per heavy atom. The average molecular weight is 805 g/mol. The van der Waals surface area contributed by atoms with Crippen LogP contribution >= 0.6 is 0 Å². The lowest BCUT2D eigenvalue weighted by Gasteiger charge is -2.28. The molecule has 298 valence electrons. The van der Waals surface area contributed by atoms with Gasteiger partial charge >= 0.3 is 0 Å². The highest BCUT2D eigenvalue weighted by Crippen LogP contribution is 2.51. The van der Waals surface area contributed by atoms with E-state index >= 15 is 0 Å². The maximum absolute atomic E-state index is 2.42. The van der Waals surface area contributed by atoms with Gasteiger partial charge in [0.1, 0.15) is 0 Å². The second-order valence-electron chi connectivity index (χ2n) is 17.4. The Labute approximate surface area is 368 Å². The summed E-state index contributed by atoms with van der Waals surface area (Å²) in [5.41, 5.74) is 19.5. The summed E-state index contributed by atoms with van der Waals surface area (Å²) in [6.45, 7) is 4.71. The fourth-order valence-electron chi connectivity index (χ4n) is 10.2. The smallest absolute Gasteiger partial charge is 0.0541 e. The number of hydrogen-bond acceptors (Lipinski definition) is 1. The number of hydrogen-bond donors (Lipinski definition) is 0. The topological polar surface area (TPSA) is 8.17 Å². The molecule has 0 saturated heterocycles. The molecule has 12 rings (SSSR count). The third-order valence-electron chi connectivity index (χ3n) is 13.4. The molecule has 11 aromatic rings. The molecule has 0 amide bonds. The molecule has 1 heterocycles. The van der Waals surface area contributed by atoms with Crippen molar-refractivity contribution in [1.29, 1.82) is 0 Å². The lowest BCUT2D eigenvalue weighted by molar-refractivity contribution is 0.660. The number of rotatable bonds is 7. The molecule has 2 heteroatoms. The van der Waals surface area contributed by atoms with Crippen LogP contribution < -0.4 is 4.90 Å². The second-order valence-corrected chi connectivity index (χ2v) is 17.4. The van der Waals surface area contributed by atoms with Crippen LogP contribution in [0.4, 0.5) is 17.1 Å². The summed E-state index contributed by atoms with van der Waals surface area (Å²) in [7, 11) is 0. The molecule has 0 spiro atoms. The molecule has 0 atom stereocenters. The zero-order valence-corrected chi connectivity index (χ0v) is 35.3. The van der Waals surface area contributed by atoms with Crippen molar-refractivity contribution in [3.05, 3.63) is 242 Å². The van der Waals surface area contributed by atoms with Crippen molar-refractivity contribution in [3.63, 3.8) is 0 Å². The molecule has 1 aliphatic rings. The molecule has 0 unspecified atom stereocenters. The summed E-state index contributed by atoms with van der Waals surface area (Å²) in [6, 6.07) is 84.6. The van der Waals surface area contributed by atoms with Gasteiger partial charge in [-0.25, -0.2) is 0 Å². The van der Waals surface area contributed by atoms with E-state index < -0.39 is 0 Å². The number of fused-ring (bicyclic) bond motifs is 7. The molecular formula is C61H44N2. The summed E-state index contributed by atoms with van der Waals surface area (Å²) in [5, 5.41) is 5.00. The van der Waals surface area contributed by atoms with Crippen molar-refractivity contribution in [2.45, 2.75) is 19.3 Å². The van der Waals surface area contributed by atoms with Crippen molar-refractivity contribution < 1.29 is 0 Å². The van der Waals surface area contributed by atoms with Crippen molar-refractivity contribution >= 4 is 49.6 Å². The van der Waals surface area contributed by atoms with Crippen molar-refractivity contribution in [2.75, 3.05) is 4.90 Å². The molecule has 0 radical (unpaired) electrons. The first kappa shape index (κ1) is 36.9. The molecule has 0 aliphatic heterocycles. The van der Waals surface area contributed by atoms with Crippen LogP contribution in [-0.2, 0) is 5.41 Å². The molecule has 0 fully saturated rings. The third-order valence-corrected chi connectivity index (χ3v) is 13.4. The maximum atomic E-state index is 2.42. The van der Waals surface area contributed by atoms with E-state index in [2.05, 4.69) is 254 Å². The predicted molar refractivity (Wildman–Crippen MR) is 267 cm³/mol. The Hall–Kier alpha value is -7.94. The zero-order chi connectivity index (χ0) is 42.1. The summed E-state index contributed by atoms with van der Waals surface area (Å²) in [5.74, 6) is 0. The van der Waals surface area contributed by atoms with Crippen molar-refractivity contribution in [2.24, 2.45) is 0 Å². The van der Waals surface area contributed by atoms with Gasteiger partial charge in [-0.15, -0.1) is 0 Å². The highest BCUT2D eigenvalue weighted by atomic mass is 15.1. The number of nitrogens with zero attached hydrogens (tertiary/aromatic N) is 2. The van der Waals surface area contributed by atoms with Crippen LogP contribution in [0.1, 0.15) is 25.0 Å². The molecule has 63 heavy (non-hydrogen) atoms. The van der Waals surface area contributed by atoms with Gasteiger partial charge in [0.25, 0.3) is 0 Å². The van der Waals surface area contributed by atoms with Crippen LogP contribution in [0, 0.1) is 0 Å². The number of benzene rings is 10. The van der Waals surface area contributed by atoms with E-state index in [4.69, 9.17) is 0 Å². The number of aromatic nitrogens is 1. The lowest BCUT2D eigenvalue weighted by Crippen LogP contribution is -2.16. The molecule has 10 aromatic carbocycles. The Morgan fingerprint density at radius 2 is 0.841 bits per heavy atom. The van der Waals surface area contributed by atoms with E-state index in [0.717, 1.165) is 22.7 Å². The van der Waals surface area contributed by atoms with Crippen LogP contribution in [-0.4, -0.2) is 4.57 Å². The minimum absolute atomic E-state index is 0.111. The van der Waals surface area contributed by atoms with Gasteiger partial charge in [-0.05, 0) is 139 Å². The lowest BCUT2D eigenvalue weighted by atomic mass is 9.82. The van der Waals surface area contributed by atoms with E-state index in [9.17, 15) is 0 Å². The first-order valence-electron chi connectivity index (χ1n) is 21.9. The van der Waals surface area contributed by atoms with E-state index in [1.165, 1.54) is 88.2 Å². The van der Waals surface area contributed by atoms with Gasteiger partial charge in [-0.3, -0.25) is 0 Å². The fourth-order valence-corrected chi connectivity index (χ4v) is 10.2. The Balaban J connectivity index is 0.970. The highest BCUT2D eigenvalue weighted by Gasteiger charge is 2.35. The van der Waals surface area contributed by atoms with E-state index in [-0.39, 0.29) is 5.41 Å². The van der Waals surface area contributed by atoms with Crippen LogP contribution in [0.5, 0.6) is 0 Å². The van der Waals surface area contributed by atoms with Crippen LogP contribution in [0.3, 0.4) is 0 Å². The van der Waals surface area contributed by atoms with Gasteiger partial charge in [0, 0.05) is 38.9 Å². The van der Waals surface area contributed by atoms with E-state index in [0.29, 0.717) is 0 Å². The van der Waals surface area contributed by atoms with Gasteiger partial charge < -0.3 is 9.47 Å². The van der Waals surface area contributed by atoms with Crippen LogP contribution in [0.15, 0.2) is 231 Å². The minimum atomic E-state index is -0.111. The number of anilines is 3. The summed E-state index contributed by atoms with van der Waals surface area (Å²) >= 11 is 0. The normalized spacial score (nSPS) is 12.7. The molecular weight excluding hydrogens is 761 g/mol. The molecule has 0 bridgehead atoms. The Kier molecular flexibility index (Phi) is 8.55. The standard InChI is InChI=1S/C61H44N2/c1-61(2)57-23-12-11-21-53(57)54-35-34-50(40-58(54)61)62(49-32-26-44(27-33-49)52-22-13-17-43-16-9-10-20-51(43)52)48-30-24-42(25-31-48)46-29-37-60-56(39-46)55-38-45(41-14-5-3-6-15-41)28-36-59(55)63(60)47-18-7-4-8-19-47/h3-40H,1-2H3. The molecule has 0 N–H and O–H groups in total. The molecule has 0 saturated carbocycles. The van der Waals surface area contributed by atoms with Gasteiger partial charge in [0.05, 0.1) is 11.0 Å². The largest absolute Gasteiger partial charge is 0.310 e. The van der Waals surface area contributed by atoms with Gasteiger partial charge in [0.15, 0.2) is 0 Å². The summed E-state index contributed by atoms with van der Waals surface area (Å²) in [4.78, 5) is 2.41. The SMILES string of the molecule is CC1(C)c2ccccc2-c2ccc(N(c3ccc(-c4ccc5c(c4)c4cc(-c6ccccc6)ccc4n5-c4ccccc4)cc3)c3ccc(-c4cccc5ccccc45)cc3)cc21.